The molecule has 1 aliphatic heterocycles. The molecule has 0 spiro atoms. The fraction of sp³-hybridized carbons (Fsp3) is 0.600. The number of aliphatic hydroxyl groups is 2. The molecule has 7 atom stereocenters. The number of nitrogens with zero attached hydrogens (tertiary/aromatic N) is 4. The predicted octanol–water partition coefficient (Wildman–Crippen LogP) is -1.16. The van der Waals surface area contributed by atoms with Gasteiger partial charge in [0.25, 0.3) is 0 Å². The van der Waals surface area contributed by atoms with E-state index >= 15 is 0 Å². The Kier molecular flexibility index (Phi) is 15.5. The highest BCUT2D eigenvalue weighted by molar-refractivity contribution is 7.94. The monoisotopic (exact) mass is 867 g/mol. The molecule has 26 nitrogen and oxygen atoms in total. The standard InChI is InChI=1S/C25H40N7O19P3S/c1-13(23(37)38)50-55-8-7-27-15(33)5-6-28-22(36)19(35)24(2,3)10-47-54(44,45)51-53(42,43)46-9-14-17(49-52(39,40)41)18(34)25(4,48-14)32-12-31-16-20(26)29-11-30-21(16)32/h11-12,14,17-19,34-35H,1,5-10H2,2-4H3,(H,27,33)(H,28,36)(H,37,38)(H,42,43)(H,44,45)(H2,26,29,30)(H2,39,40,41). The number of aliphatic hydroxyl groups excluding tert-OH is 2. The Morgan fingerprint density at radius 2 is 1.76 bits per heavy atom. The minimum absolute atomic E-state index is 0.0101. The molecule has 7 unspecified atom stereocenters. The molecule has 3 heterocycles. The number of rotatable bonds is 22. The summed E-state index contributed by atoms with van der Waals surface area (Å²) in [7, 11) is -16.5. The summed E-state index contributed by atoms with van der Waals surface area (Å²) in [5, 5.41) is 35.1. The third-order valence-electron chi connectivity index (χ3n) is 7.47. The third kappa shape index (κ3) is 13.0. The van der Waals surface area contributed by atoms with Crippen LogP contribution in [0.3, 0.4) is 0 Å². The molecule has 0 aliphatic carbocycles. The number of phosphoric acid groups is 3. The Morgan fingerprint density at radius 1 is 1.11 bits per heavy atom. The minimum atomic E-state index is -5.60. The molecule has 30 heteroatoms. The van der Waals surface area contributed by atoms with Gasteiger partial charge in [-0.05, 0) is 13.5 Å². The highest BCUT2D eigenvalue weighted by atomic mass is 32.2. The Hall–Kier alpha value is -3.10. The van der Waals surface area contributed by atoms with Crippen LogP contribution in [0.4, 0.5) is 5.82 Å². The summed E-state index contributed by atoms with van der Waals surface area (Å²) >= 11 is 0.742. The van der Waals surface area contributed by atoms with Crippen LogP contribution in [0.25, 0.3) is 11.2 Å². The van der Waals surface area contributed by atoms with Gasteiger partial charge in [0.2, 0.25) is 17.6 Å². The van der Waals surface area contributed by atoms with Gasteiger partial charge in [-0.15, -0.1) is 0 Å². The molecule has 2 amide bonds. The van der Waals surface area contributed by atoms with Gasteiger partial charge in [0.05, 0.1) is 31.6 Å². The maximum absolute atomic E-state index is 12.7. The Morgan fingerprint density at radius 3 is 2.40 bits per heavy atom. The molecular weight excluding hydrogens is 827 g/mol. The van der Waals surface area contributed by atoms with E-state index in [4.69, 9.17) is 28.8 Å². The quantitative estimate of drug-likeness (QED) is 0.0219. The number of anilines is 1. The fourth-order valence-corrected chi connectivity index (χ4v) is 7.94. The molecule has 55 heavy (non-hydrogen) atoms. The number of carboxylic acid groups (broad SMARTS) is 1. The van der Waals surface area contributed by atoms with Crippen LogP contribution in [-0.4, -0.2) is 129 Å². The normalized spacial score (nSPS) is 23.0. The molecule has 0 saturated carbocycles. The zero-order valence-electron chi connectivity index (χ0n) is 29.1. The first-order valence-corrected chi connectivity index (χ1v) is 20.9. The van der Waals surface area contributed by atoms with Crippen LogP contribution in [0.1, 0.15) is 27.2 Å². The van der Waals surface area contributed by atoms with Crippen molar-refractivity contribution in [2.75, 3.05) is 37.8 Å². The topological polar surface area (TPSA) is 393 Å². The number of hydrogen-bond acceptors (Lipinski definition) is 19. The van der Waals surface area contributed by atoms with Crippen LogP contribution in [0.15, 0.2) is 25.0 Å². The second kappa shape index (κ2) is 18.4. The Labute approximate surface area is 315 Å². The number of phosphoric ester groups is 3. The van der Waals surface area contributed by atoms with Gasteiger partial charge in [0.15, 0.2) is 17.2 Å². The molecule has 3 rings (SSSR count). The van der Waals surface area contributed by atoms with E-state index in [2.05, 4.69) is 41.0 Å². The molecule has 0 radical (unpaired) electrons. The van der Waals surface area contributed by atoms with Gasteiger partial charge in [-0.3, -0.25) is 27.7 Å². The van der Waals surface area contributed by atoms with Gasteiger partial charge in [0.1, 0.15) is 36.3 Å². The van der Waals surface area contributed by atoms with Crippen molar-refractivity contribution in [2.24, 2.45) is 5.41 Å². The van der Waals surface area contributed by atoms with Gasteiger partial charge in [0, 0.05) is 30.7 Å². The number of carboxylic acids is 1. The number of hydrogen-bond donors (Lipinski definition) is 10. The summed E-state index contributed by atoms with van der Waals surface area (Å²) in [6.07, 6.45) is -5.63. The smallest absolute Gasteiger partial charge is 0.475 e. The van der Waals surface area contributed by atoms with Crippen molar-refractivity contribution < 1.29 is 89.8 Å². The lowest BCUT2D eigenvalue weighted by atomic mass is 9.87. The van der Waals surface area contributed by atoms with Crippen LogP contribution in [0.5, 0.6) is 0 Å². The second-order valence-corrected chi connectivity index (χ2v) is 17.3. The first kappa shape index (κ1) is 46.3. The summed E-state index contributed by atoms with van der Waals surface area (Å²) < 4.78 is 67.2. The number of aliphatic carboxylic acids is 1. The van der Waals surface area contributed by atoms with E-state index in [1.165, 1.54) is 20.8 Å². The highest BCUT2D eigenvalue weighted by Crippen LogP contribution is 2.61. The fourth-order valence-electron chi connectivity index (χ4n) is 4.63. The van der Waals surface area contributed by atoms with Gasteiger partial charge in [-0.1, -0.05) is 13.8 Å². The number of fused-ring (bicyclic) bond motifs is 1. The summed E-state index contributed by atoms with van der Waals surface area (Å²) in [5.74, 6) is -3.23. The van der Waals surface area contributed by atoms with Crippen LogP contribution >= 0.6 is 35.5 Å². The van der Waals surface area contributed by atoms with Gasteiger partial charge in [-0.2, -0.15) is 4.31 Å². The van der Waals surface area contributed by atoms with Crippen molar-refractivity contribution >= 4 is 70.3 Å². The number of carbonyl (C=O) groups is 3. The average molecular weight is 868 g/mol. The van der Waals surface area contributed by atoms with E-state index in [0.717, 1.165) is 29.3 Å². The van der Waals surface area contributed by atoms with Crippen molar-refractivity contribution in [2.45, 2.75) is 57.3 Å². The lowest BCUT2D eigenvalue weighted by molar-refractivity contribution is -0.137. The molecule has 11 N–H and O–H groups in total. The molecule has 310 valence electrons. The van der Waals surface area contributed by atoms with E-state index in [0.29, 0.717) is 0 Å². The van der Waals surface area contributed by atoms with E-state index < -0.39 is 95.8 Å². The van der Waals surface area contributed by atoms with E-state index in [9.17, 15) is 57.9 Å². The minimum Gasteiger partial charge on any atom is -0.475 e. The molecule has 2 aromatic rings. The van der Waals surface area contributed by atoms with Crippen molar-refractivity contribution in [1.29, 1.82) is 0 Å². The van der Waals surface area contributed by atoms with Crippen molar-refractivity contribution in [3.8, 4) is 0 Å². The predicted molar refractivity (Wildman–Crippen MR) is 185 cm³/mol. The summed E-state index contributed by atoms with van der Waals surface area (Å²) in [4.78, 5) is 86.2. The lowest BCUT2D eigenvalue weighted by Crippen LogP contribution is -2.46. The van der Waals surface area contributed by atoms with Crippen LogP contribution in [0.2, 0.25) is 0 Å². The third-order valence-corrected chi connectivity index (χ3v) is 11.3. The molecule has 1 fully saturated rings. The Balaban J connectivity index is 1.53. The lowest BCUT2D eigenvalue weighted by Gasteiger charge is -2.30. The Bertz CT molecular complexity index is 1880. The van der Waals surface area contributed by atoms with Crippen molar-refractivity contribution in [3.63, 3.8) is 0 Å². The number of imidazole rings is 1. The molecule has 1 aliphatic rings. The van der Waals surface area contributed by atoms with E-state index in [1.807, 2.05) is 0 Å². The summed E-state index contributed by atoms with van der Waals surface area (Å²) in [5.41, 5.74) is 2.24. The summed E-state index contributed by atoms with van der Waals surface area (Å²) in [6, 6.07) is 0. The summed E-state index contributed by atoms with van der Waals surface area (Å²) in [6.45, 7) is 4.62. The number of carbonyl (C=O) groups excluding carboxylic acids is 2. The van der Waals surface area contributed by atoms with Crippen molar-refractivity contribution in [1.82, 2.24) is 30.2 Å². The molecule has 1 saturated heterocycles. The first-order valence-electron chi connectivity index (χ1n) is 15.4. The number of nitrogens with two attached hydrogens (primary N) is 1. The molecular formula is C25H40N7O19P3S. The van der Waals surface area contributed by atoms with E-state index in [1.54, 1.807) is 0 Å². The highest BCUT2D eigenvalue weighted by Gasteiger charge is 2.57. The maximum atomic E-state index is 12.7. The van der Waals surface area contributed by atoms with E-state index in [-0.39, 0.29) is 42.2 Å². The van der Waals surface area contributed by atoms with Gasteiger partial charge >= 0.3 is 29.4 Å². The van der Waals surface area contributed by atoms with Gasteiger partial charge in [-0.25, -0.2) is 33.4 Å². The average Bonchev–Trinajstić information content (AvgIpc) is 3.61. The zero-order valence-corrected chi connectivity index (χ0v) is 32.6. The number of ether oxygens (including phenoxy) is 1. The van der Waals surface area contributed by atoms with Crippen molar-refractivity contribution in [3.05, 3.63) is 25.0 Å². The molecule has 0 bridgehead atoms. The number of amides is 2. The maximum Gasteiger partial charge on any atom is 0.481 e. The largest absolute Gasteiger partial charge is 0.481 e. The van der Waals surface area contributed by atoms with Crippen LogP contribution in [-0.2, 0) is 60.6 Å². The molecule has 0 aromatic carbocycles. The zero-order chi connectivity index (χ0) is 41.6. The van der Waals surface area contributed by atoms with Gasteiger partial charge < -0.3 is 60.2 Å². The SMILES string of the molecule is C=C(OSCCNC(=O)CCNC(=O)C(O)C(C)(C)COP(=O)(O)OP(=O)(O)OCC1OC(C)(n2cnc3c(N)ncnc32)C(O)C1OP(=O)(O)O)C(=O)O. The van der Waals surface area contributed by atoms with Crippen LogP contribution < -0.4 is 16.4 Å². The number of nitrogen functional groups attached to an aromatic ring is 1. The van der Waals surface area contributed by atoms with Crippen LogP contribution in [0, 0.1) is 5.41 Å². The number of nitrogens with one attached hydrogen (secondary N) is 2. The first-order chi connectivity index (χ1) is 25.3. The number of aromatic nitrogens is 4. The second-order valence-electron chi connectivity index (χ2n) is 12.3. The molecule has 2 aromatic heterocycles.